The second-order valence-corrected chi connectivity index (χ2v) is 7.32. The molecule has 3 rings (SSSR count). The van der Waals surface area contributed by atoms with Crippen LogP contribution in [0.3, 0.4) is 0 Å². The van der Waals surface area contributed by atoms with E-state index in [4.69, 9.17) is 25.8 Å². The Bertz CT molecular complexity index is 887. The van der Waals surface area contributed by atoms with Gasteiger partial charge in [0.25, 0.3) is 5.91 Å². The molecule has 2 heterocycles. The smallest absolute Gasteiger partial charge is 0.341 e. The molecule has 0 aliphatic carbocycles. The number of fused-ring (bicyclic) bond motifs is 1. The first-order chi connectivity index (χ1) is 14.0. The van der Waals surface area contributed by atoms with Gasteiger partial charge in [-0.2, -0.15) is 0 Å². The van der Waals surface area contributed by atoms with Crippen LogP contribution in [0.2, 0.25) is 5.15 Å². The third kappa shape index (κ3) is 5.38. The van der Waals surface area contributed by atoms with Crippen LogP contribution in [0.15, 0.2) is 36.5 Å². The van der Waals surface area contributed by atoms with Gasteiger partial charge in [-0.3, -0.25) is 4.79 Å². The number of aromatic nitrogens is 1. The molecule has 0 saturated carbocycles. The molecule has 29 heavy (non-hydrogen) atoms. The van der Waals surface area contributed by atoms with E-state index < -0.39 is 18.5 Å². The summed E-state index contributed by atoms with van der Waals surface area (Å²) in [7, 11) is 0. The molecule has 1 aliphatic heterocycles. The van der Waals surface area contributed by atoms with Gasteiger partial charge in [-0.15, -0.1) is 0 Å². The number of nitrogens with zero attached hydrogens (tertiary/aromatic N) is 1. The highest BCUT2D eigenvalue weighted by Gasteiger charge is 2.22. The lowest BCUT2D eigenvalue weighted by Gasteiger charge is -2.24. The Hall–Kier alpha value is -2.80. The summed E-state index contributed by atoms with van der Waals surface area (Å²) in [6.45, 7) is 4.77. The number of rotatable bonds is 6. The van der Waals surface area contributed by atoms with Crippen molar-refractivity contribution in [1.29, 1.82) is 0 Å². The predicted molar refractivity (Wildman–Crippen MR) is 107 cm³/mol. The van der Waals surface area contributed by atoms with Crippen LogP contribution in [0.5, 0.6) is 11.5 Å². The average Bonchev–Trinajstić information content (AvgIpc) is 2.95. The highest BCUT2D eigenvalue weighted by molar-refractivity contribution is 6.32. The lowest BCUT2D eigenvalue weighted by atomic mass is 9.95. The SMILES string of the molecule is CC(C)[C@@H](NC(=O)COC(=O)c1cccnc1Cl)c1ccc2c(c1)OCCCO2. The highest BCUT2D eigenvalue weighted by Crippen LogP contribution is 2.34. The molecule has 0 fully saturated rings. The Balaban J connectivity index is 1.64. The lowest BCUT2D eigenvalue weighted by Crippen LogP contribution is -2.35. The molecule has 7 nitrogen and oxygen atoms in total. The van der Waals surface area contributed by atoms with Crippen LogP contribution < -0.4 is 14.8 Å². The van der Waals surface area contributed by atoms with E-state index in [0.29, 0.717) is 24.7 Å². The summed E-state index contributed by atoms with van der Waals surface area (Å²) in [6, 6.07) is 8.42. The van der Waals surface area contributed by atoms with E-state index in [0.717, 1.165) is 12.0 Å². The summed E-state index contributed by atoms with van der Waals surface area (Å²) in [4.78, 5) is 28.3. The Morgan fingerprint density at radius 1 is 1.21 bits per heavy atom. The Morgan fingerprint density at radius 3 is 2.69 bits per heavy atom. The zero-order valence-corrected chi connectivity index (χ0v) is 17.1. The quantitative estimate of drug-likeness (QED) is 0.570. The van der Waals surface area contributed by atoms with Gasteiger partial charge in [0.15, 0.2) is 18.1 Å². The summed E-state index contributed by atoms with van der Waals surface area (Å²) in [5.74, 6) is 0.353. The number of hydrogen-bond donors (Lipinski definition) is 1. The number of hydrogen-bond acceptors (Lipinski definition) is 6. The van der Waals surface area contributed by atoms with E-state index in [-0.39, 0.29) is 22.7 Å². The number of carbonyl (C=O) groups excluding carboxylic acids is 2. The molecule has 154 valence electrons. The first kappa shape index (κ1) is 20.9. The van der Waals surface area contributed by atoms with Crippen LogP contribution in [0.4, 0.5) is 0 Å². The molecule has 1 atom stereocenters. The molecule has 1 aliphatic rings. The maximum atomic E-state index is 12.4. The van der Waals surface area contributed by atoms with Crippen molar-refractivity contribution < 1.29 is 23.8 Å². The van der Waals surface area contributed by atoms with Crippen molar-refractivity contribution in [3.63, 3.8) is 0 Å². The number of nitrogens with one attached hydrogen (secondary N) is 1. The highest BCUT2D eigenvalue weighted by atomic mass is 35.5. The Labute approximate surface area is 174 Å². The number of benzene rings is 1. The van der Waals surface area contributed by atoms with Crippen molar-refractivity contribution in [2.45, 2.75) is 26.3 Å². The summed E-state index contributed by atoms with van der Waals surface area (Å²) in [5.41, 5.74) is 1.00. The minimum atomic E-state index is -0.699. The van der Waals surface area contributed by atoms with Crippen LogP contribution in [-0.2, 0) is 9.53 Å². The summed E-state index contributed by atoms with van der Waals surface area (Å²) in [6.07, 6.45) is 2.29. The number of carbonyl (C=O) groups is 2. The largest absolute Gasteiger partial charge is 0.490 e. The van der Waals surface area contributed by atoms with Crippen LogP contribution >= 0.6 is 11.6 Å². The van der Waals surface area contributed by atoms with Gasteiger partial charge >= 0.3 is 5.97 Å². The second kappa shape index (κ2) is 9.60. The van der Waals surface area contributed by atoms with E-state index in [1.165, 1.54) is 12.3 Å². The Kier molecular flexibility index (Phi) is 6.93. The fraction of sp³-hybridized carbons (Fsp3) is 0.381. The average molecular weight is 419 g/mol. The lowest BCUT2D eigenvalue weighted by molar-refractivity contribution is -0.125. The predicted octanol–water partition coefficient (Wildman–Crippen LogP) is 3.57. The summed E-state index contributed by atoms with van der Waals surface area (Å²) >= 11 is 5.88. The molecule has 0 bridgehead atoms. The van der Waals surface area contributed by atoms with Crippen LogP contribution in [0, 0.1) is 5.92 Å². The van der Waals surface area contributed by atoms with Gasteiger partial charge < -0.3 is 19.5 Å². The molecule has 8 heteroatoms. The Morgan fingerprint density at radius 2 is 1.97 bits per heavy atom. The van der Waals surface area contributed by atoms with Gasteiger partial charge in [0.05, 0.1) is 24.8 Å². The molecule has 2 aromatic rings. The van der Waals surface area contributed by atoms with Gasteiger partial charge in [-0.25, -0.2) is 9.78 Å². The number of pyridine rings is 1. The summed E-state index contributed by atoms with van der Waals surface area (Å²) < 4.78 is 16.5. The third-order valence-electron chi connectivity index (χ3n) is 4.43. The molecule has 0 spiro atoms. The zero-order chi connectivity index (χ0) is 20.8. The number of amides is 1. The van der Waals surface area contributed by atoms with Crippen LogP contribution in [0.1, 0.15) is 42.2 Å². The van der Waals surface area contributed by atoms with Crippen LogP contribution in [-0.4, -0.2) is 36.7 Å². The minimum Gasteiger partial charge on any atom is -0.490 e. The monoisotopic (exact) mass is 418 g/mol. The van der Waals surface area contributed by atoms with E-state index in [9.17, 15) is 9.59 Å². The molecular formula is C21H23ClN2O5. The zero-order valence-electron chi connectivity index (χ0n) is 16.3. The van der Waals surface area contributed by atoms with Gasteiger partial charge in [0.2, 0.25) is 0 Å². The molecule has 1 aromatic heterocycles. The first-order valence-electron chi connectivity index (χ1n) is 9.42. The van der Waals surface area contributed by atoms with Crippen molar-refractivity contribution >= 4 is 23.5 Å². The number of esters is 1. The van der Waals surface area contributed by atoms with E-state index in [1.807, 2.05) is 32.0 Å². The summed E-state index contributed by atoms with van der Waals surface area (Å²) in [5, 5.41) is 2.95. The molecule has 0 radical (unpaired) electrons. The number of ether oxygens (including phenoxy) is 3. The van der Waals surface area contributed by atoms with Crippen LogP contribution in [0.25, 0.3) is 0 Å². The molecule has 1 N–H and O–H groups in total. The third-order valence-corrected chi connectivity index (χ3v) is 4.73. The maximum absolute atomic E-state index is 12.4. The minimum absolute atomic E-state index is 0.0326. The fourth-order valence-corrected chi connectivity index (χ4v) is 3.17. The van der Waals surface area contributed by atoms with E-state index in [1.54, 1.807) is 6.07 Å². The topological polar surface area (TPSA) is 86.8 Å². The molecular weight excluding hydrogens is 396 g/mol. The van der Waals surface area contributed by atoms with Crippen molar-refractivity contribution in [2.75, 3.05) is 19.8 Å². The molecule has 0 saturated heterocycles. The fourth-order valence-electron chi connectivity index (χ4n) is 2.97. The van der Waals surface area contributed by atoms with Gasteiger partial charge in [0, 0.05) is 12.6 Å². The standard InChI is InChI=1S/C21H23ClN2O5/c1-13(2)19(14-6-7-16-17(11-14)28-10-4-9-27-16)24-18(25)12-29-21(26)15-5-3-8-23-20(15)22/h3,5-8,11,13,19H,4,9-10,12H2,1-2H3,(H,24,25)/t19-/m1/s1. The van der Waals surface area contributed by atoms with E-state index >= 15 is 0 Å². The molecule has 1 aromatic carbocycles. The second-order valence-electron chi connectivity index (χ2n) is 6.96. The van der Waals surface area contributed by atoms with Crippen molar-refractivity contribution in [2.24, 2.45) is 5.92 Å². The van der Waals surface area contributed by atoms with Crippen molar-refractivity contribution in [1.82, 2.24) is 10.3 Å². The van der Waals surface area contributed by atoms with Crippen molar-refractivity contribution in [3.8, 4) is 11.5 Å². The maximum Gasteiger partial charge on any atom is 0.341 e. The van der Waals surface area contributed by atoms with Gasteiger partial charge in [-0.1, -0.05) is 31.5 Å². The molecule has 0 unspecified atom stereocenters. The number of halogens is 1. The molecule has 1 amide bonds. The van der Waals surface area contributed by atoms with Crippen molar-refractivity contribution in [3.05, 3.63) is 52.8 Å². The normalized spacial score (nSPS) is 14.1. The first-order valence-corrected chi connectivity index (χ1v) is 9.80. The van der Waals surface area contributed by atoms with E-state index in [2.05, 4.69) is 10.3 Å². The van der Waals surface area contributed by atoms with Gasteiger partial charge in [0.1, 0.15) is 5.15 Å². The van der Waals surface area contributed by atoms with Gasteiger partial charge in [-0.05, 0) is 35.7 Å².